The summed E-state index contributed by atoms with van der Waals surface area (Å²) in [6, 6.07) is 9.70. The van der Waals surface area contributed by atoms with Gasteiger partial charge in [0.15, 0.2) is 11.4 Å². The second-order valence-electron chi connectivity index (χ2n) is 5.55. The second-order valence-corrected chi connectivity index (χ2v) is 6.56. The van der Waals surface area contributed by atoms with Gasteiger partial charge in [0.2, 0.25) is 0 Å². The summed E-state index contributed by atoms with van der Waals surface area (Å²) in [5.41, 5.74) is 1.72. The molecule has 1 aromatic carbocycles. The van der Waals surface area contributed by atoms with Crippen molar-refractivity contribution < 1.29 is 19.1 Å². The Bertz CT molecular complexity index is 783. The van der Waals surface area contributed by atoms with Gasteiger partial charge in [-0.3, -0.25) is 9.59 Å². The van der Waals surface area contributed by atoms with Crippen molar-refractivity contribution >= 4 is 29.0 Å². The quantitative estimate of drug-likeness (QED) is 0.271. The van der Waals surface area contributed by atoms with Crippen molar-refractivity contribution in [2.45, 2.75) is 20.5 Å². The number of methoxy groups -OCH3 is 1. The molecule has 1 heterocycles. The van der Waals surface area contributed by atoms with E-state index in [1.807, 2.05) is 44.3 Å². The number of rotatable bonds is 9. The maximum absolute atomic E-state index is 10.9. The van der Waals surface area contributed by atoms with E-state index >= 15 is 0 Å². The van der Waals surface area contributed by atoms with E-state index in [4.69, 9.17) is 4.74 Å². The molecule has 0 radical (unpaired) electrons. The van der Waals surface area contributed by atoms with Crippen LogP contribution < -0.4 is 4.90 Å². The molecule has 0 aliphatic heterocycles. The summed E-state index contributed by atoms with van der Waals surface area (Å²) in [5, 5.41) is 0.694. The van der Waals surface area contributed by atoms with Gasteiger partial charge in [0.05, 0.1) is 10.6 Å². The van der Waals surface area contributed by atoms with Gasteiger partial charge in [-0.25, -0.2) is 4.98 Å². The smallest absolute Gasteiger partial charge is 0.189 e. The number of aldehydes is 2. The zero-order valence-electron chi connectivity index (χ0n) is 16.6. The molecule has 0 atom stereocenters. The highest BCUT2D eigenvalue weighted by Crippen LogP contribution is 2.24. The summed E-state index contributed by atoms with van der Waals surface area (Å²) < 4.78 is 10.2. The number of anilines is 1. The Kier molecular flexibility index (Phi) is 11.1. The first-order chi connectivity index (χ1) is 13.5. The summed E-state index contributed by atoms with van der Waals surface area (Å²) >= 11 is 1.31. The lowest BCUT2D eigenvalue weighted by Gasteiger charge is -2.11. The number of thiazole rings is 1. The number of carbonyl (C=O) groups is 2. The first-order valence-corrected chi connectivity index (χ1v) is 9.52. The number of carbonyl (C=O) groups excluding carboxylic acids is 2. The molecule has 7 heteroatoms. The van der Waals surface area contributed by atoms with E-state index in [0.29, 0.717) is 34.4 Å². The van der Waals surface area contributed by atoms with Crippen LogP contribution in [-0.2, 0) is 20.9 Å². The predicted octanol–water partition coefficient (Wildman–Crippen LogP) is 4.17. The molecule has 0 N–H and O–H groups in total. The van der Waals surface area contributed by atoms with Crippen molar-refractivity contribution in [2.24, 2.45) is 0 Å². The minimum Gasteiger partial charge on any atom is -0.489 e. The topological polar surface area (TPSA) is 68.7 Å². The molecule has 0 fully saturated rings. The molecule has 28 heavy (non-hydrogen) atoms. The minimum absolute atomic E-state index is 0.375. The molecule has 0 amide bonds. The first kappa shape index (κ1) is 23.3. The van der Waals surface area contributed by atoms with E-state index < -0.39 is 0 Å². The van der Waals surface area contributed by atoms with Gasteiger partial charge < -0.3 is 14.4 Å². The van der Waals surface area contributed by atoms with Gasteiger partial charge in [-0.05, 0) is 25.5 Å². The maximum atomic E-state index is 10.9. The highest BCUT2D eigenvalue weighted by atomic mass is 32.1. The number of benzene rings is 1. The average molecular weight is 403 g/mol. The third kappa shape index (κ3) is 8.28. The number of ether oxygens (including phenoxy) is 2. The van der Waals surface area contributed by atoms with Crippen molar-refractivity contribution in [1.29, 1.82) is 0 Å². The summed E-state index contributed by atoms with van der Waals surface area (Å²) in [6.07, 6.45) is 6.27. The van der Waals surface area contributed by atoms with Gasteiger partial charge in [0.25, 0.3) is 0 Å². The van der Waals surface area contributed by atoms with Crippen molar-refractivity contribution in [3.63, 3.8) is 0 Å². The molecule has 150 valence electrons. The van der Waals surface area contributed by atoms with Crippen molar-refractivity contribution in [3.8, 4) is 0 Å². The largest absolute Gasteiger partial charge is 0.489 e. The standard InChI is InChI=1S/C18H18N2O3S.C3H8O/c1-14-17(12-22)24-18(19-14)20(2)10-8-16(9-11-21)23-13-15-6-4-3-5-7-15;1-3-4-2/h3-12H,13H2,1-2H3;3H2,1-2H3/b10-8-,16-9+;. The lowest BCUT2D eigenvalue weighted by Crippen LogP contribution is -2.07. The molecule has 0 spiro atoms. The number of hydrogen-bond acceptors (Lipinski definition) is 7. The van der Waals surface area contributed by atoms with Crippen molar-refractivity contribution in [2.75, 3.05) is 25.7 Å². The van der Waals surface area contributed by atoms with E-state index in [2.05, 4.69) is 9.72 Å². The Morgan fingerprint density at radius 2 is 1.93 bits per heavy atom. The van der Waals surface area contributed by atoms with Crippen LogP contribution in [0.3, 0.4) is 0 Å². The third-order valence-electron chi connectivity index (χ3n) is 3.46. The summed E-state index contributed by atoms with van der Waals surface area (Å²) in [5.74, 6) is 0.449. The van der Waals surface area contributed by atoms with Crippen molar-refractivity contribution in [3.05, 3.63) is 70.6 Å². The van der Waals surface area contributed by atoms with Crippen LogP contribution >= 0.6 is 11.3 Å². The number of nitrogens with zero attached hydrogens (tertiary/aromatic N) is 2. The lowest BCUT2D eigenvalue weighted by atomic mass is 10.2. The molecule has 2 aromatic rings. The average Bonchev–Trinajstić information content (AvgIpc) is 3.11. The van der Waals surface area contributed by atoms with E-state index in [0.717, 1.165) is 18.5 Å². The van der Waals surface area contributed by atoms with Crippen LogP contribution in [0.2, 0.25) is 0 Å². The minimum atomic E-state index is 0.375. The van der Waals surface area contributed by atoms with Crippen LogP contribution in [0.15, 0.2) is 54.4 Å². The zero-order valence-corrected chi connectivity index (χ0v) is 17.4. The van der Waals surface area contributed by atoms with Crippen LogP contribution in [0.1, 0.15) is 27.9 Å². The van der Waals surface area contributed by atoms with Gasteiger partial charge in [-0.15, -0.1) is 0 Å². The first-order valence-electron chi connectivity index (χ1n) is 8.70. The third-order valence-corrected chi connectivity index (χ3v) is 4.64. The second kappa shape index (κ2) is 13.4. The fraction of sp³-hybridized carbons (Fsp3) is 0.286. The van der Waals surface area contributed by atoms with Crippen LogP contribution in [0.5, 0.6) is 0 Å². The fourth-order valence-corrected chi connectivity index (χ4v) is 2.69. The maximum Gasteiger partial charge on any atom is 0.189 e. The van der Waals surface area contributed by atoms with E-state index in [1.165, 1.54) is 17.4 Å². The number of allylic oxidation sites excluding steroid dienone is 2. The van der Waals surface area contributed by atoms with Crippen LogP contribution in [-0.4, -0.2) is 38.3 Å². The molecule has 0 aliphatic carbocycles. The Labute approximate surface area is 170 Å². The Morgan fingerprint density at radius 1 is 1.25 bits per heavy atom. The Hall–Kier alpha value is -2.77. The van der Waals surface area contributed by atoms with Gasteiger partial charge in [-0.1, -0.05) is 41.7 Å². The molecule has 0 bridgehead atoms. The van der Waals surface area contributed by atoms with Gasteiger partial charge in [0.1, 0.15) is 18.7 Å². The highest BCUT2D eigenvalue weighted by molar-refractivity contribution is 7.17. The summed E-state index contributed by atoms with van der Waals surface area (Å²) in [6.45, 7) is 4.95. The molecule has 0 saturated carbocycles. The Morgan fingerprint density at radius 3 is 2.46 bits per heavy atom. The Balaban J connectivity index is 0.000000892. The van der Waals surface area contributed by atoms with E-state index in [9.17, 15) is 9.59 Å². The molecule has 0 aliphatic rings. The molecule has 0 unspecified atom stereocenters. The molecular formula is C21H26N2O4S. The molecule has 2 rings (SSSR count). The number of aromatic nitrogens is 1. The monoisotopic (exact) mass is 402 g/mol. The van der Waals surface area contributed by atoms with Crippen LogP contribution in [0, 0.1) is 6.92 Å². The zero-order chi connectivity index (χ0) is 20.8. The van der Waals surface area contributed by atoms with Gasteiger partial charge >= 0.3 is 0 Å². The highest BCUT2D eigenvalue weighted by Gasteiger charge is 2.08. The summed E-state index contributed by atoms with van der Waals surface area (Å²) in [4.78, 5) is 28.4. The van der Waals surface area contributed by atoms with Gasteiger partial charge in [0, 0.05) is 33.0 Å². The molecule has 1 aromatic heterocycles. The number of hydrogen-bond donors (Lipinski definition) is 0. The fourth-order valence-electron chi connectivity index (χ4n) is 1.86. The SMILES string of the molecule is CCOC.Cc1nc(N(C)/C=C\C(=C/C=O)OCc2ccccc2)sc1C=O. The van der Waals surface area contributed by atoms with Crippen LogP contribution in [0.25, 0.3) is 0 Å². The van der Waals surface area contributed by atoms with Crippen LogP contribution in [0.4, 0.5) is 5.13 Å². The number of aryl methyl sites for hydroxylation is 1. The molecule has 0 saturated heterocycles. The normalized spacial score (nSPS) is 10.9. The molecular weight excluding hydrogens is 376 g/mol. The van der Waals surface area contributed by atoms with E-state index in [-0.39, 0.29) is 0 Å². The van der Waals surface area contributed by atoms with Gasteiger partial charge in [-0.2, -0.15) is 0 Å². The van der Waals surface area contributed by atoms with E-state index in [1.54, 1.807) is 31.2 Å². The lowest BCUT2D eigenvalue weighted by molar-refractivity contribution is -0.104. The predicted molar refractivity (Wildman–Crippen MR) is 113 cm³/mol. The van der Waals surface area contributed by atoms with Crippen molar-refractivity contribution in [1.82, 2.24) is 4.98 Å². The molecule has 6 nitrogen and oxygen atoms in total. The summed E-state index contributed by atoms with van der Waals surface area (Å²) in [7, 11) is 3.50.